The molecule has 1 aliphatic rings. The highest BCUT2D eigenvalue weighted by Crippen LogP contribution is 2.28. The van der Waals surface area contributed by atoms with E-state index >= 15 is 0 Å². The number of nitrogens with one attached hydrogen (secondary N) is 1. The molecule has 0 aliphatic carbocycles. The Morgan fingerprint density at radius 3 is 2.93 bits per heavy atom. The number of carbonyl (C=O) groups excluding carboxylic acids is 1. The van der Waals surface area contributed by atoms with E-state index in [1.54, 1.807) is 10.9 Å². The number of aromatic nitrogens is 2. The molecule has 1 saturated heterocycles. The lowest BCUT2D eigenvalue weighted by Crippen LogP contribution is -2.32. The Morgan fingerprint density at radius 2 is 2.47 bits per heavy atom. The van der Waals surface area contributed by atoms with E-state index in [1.807, 2.05) is 13.8 Å². The fourth-order valence-electron chi connectivity index (χ4n) is 1.90. The summed E-state index contributed by atoms with van der Waals surface area (Å²) in [6, 6.07) is 0. The van der Waals surface area contributed by atoms with Gasteiger partial charge in [-0.15, -0.1) is 0 Å². The SMILES string of the molecule is Cc1nn(CC2(C)CCNC2=O)cc1N. The highest BCUT2D eigenvalue weighted by molar-refractivity contribution is 5.84. The van der Waals surface area contributed by atoms with Crippen LogP contribution in [0.25, 0.3) is 0 Å². The lowest BCUT2D eigenvalue weighted by Gasteiger charge is -2.19. The predicted octanol–water partition coefficient (Wildman–Crippen LogP) is 0.300. The van der Waals surface area contributed by atoms with Crippen LogP contribution in [0.5, 0.6) is 0 Å². The molecule has 3 N–H and O–H groups in total. The van der Waals surface area contributed by atoms with E-state index in [4.69, 9.17) is 5.73 Å². The molecule has 1 fully saturated rings. The van der Waals surface area contributed by atoms with E-state index in [1.165, 1.54) is 0 Å². The van der Waals surface area contributed by atoms with Crippen molar-refractivity contribution >= 4 is 11.6 Å². The molecule has 1 unspecified atom stereocenters. The van der Waals surface area contributed by atoms with Crippen LogP contribution < -0.4 is 11.1 Å². The standard InChI is InChI=1S/C10H16N4O/c1-7-8(11)5-14(13-7)6-10(2)3-4-12-9(10)15/h5H,3-4,6,11H2,1-2H3,(H,12,15). The van der Waals surface area contributed by atoms with Gasteiger partial charge in [0.15, 0.2) is 0 Å². The topological polar surface area (TPSA) is 72.9 Å². The summed E-state index contributed by atoms with van der Waals surface area (Å²) in [7, 11) is 0. The molecule has 1 aromatic rings. The van der Waals surface area contributed by atoms with Gasteiger partial charge in [0.25, 0.3) is 0 Å². The highest BCUT2D eigenvalue weighted by Gasteiger charge is 2.38. The number of nitrogens with two attached hydrogens (primary N) is 1. The Bertz CT molecular complexity index is 379. The molecule has 15 heavy (non-hydrogen) atoms. The van der Waals surface area contributed by atoms with Gasteiger partial charge in [-0.2, -0.15) is 5.10 Å². The predicted molar refractivity (Wildman–Crippen MR) is 57.1 cm³/mol. The molecule has 2 heterocycles. The quantitative estimate of drug-likeness (QED) is 0.734. The molecule has 1 aliphatic heterocycles. The summed E-state index contributed by atoms with van der Waals surface area (Å²) in [6.45, 7) is 5.17. The largest absolute Gasteiger partial charge is 0.396 e. The van der Waals surface area contributed by atoms with Crippen molar-refractivity contribution in [3.63, 3.8) is 0 Å². The number of anilines is 1. The first-order valence-corrected chi connectivity index (χ1v) is 5.09. The van der Waals surface area contributed by atoms with E-state index in [-0.39, 0.29) is 11.3 Å². The minimum atomic E-state index is -0.342. The molecule has 2 rings (SSSR count). The number of hydrogen-bond acceptors (Lipinski definition) is 3. The van der Waals surface area contributed by atoms with Crippen molar-refractivity contribution in [1.29, 1.82) is 0 Å². The lowest BCUT2D eigenvalue weighted by atomic mass is 9.89. The smallest absolute Gasteiger partial charge is 0.227 e. The van der Waals surface area contributed by atoms with E-state index in [2.05, 4.69) is 10.4 Å². The van der Waals surface area contributed by atoms with Gasteiger partial charge in [0, 0.05) is 12.7 Å². The molecule has 0 aromatic carbocycles. The normalized spacial score (nSPS) is 25.6. The van der Waals surface area contributed by atoms with Crippen molar-refractivity contribution in [1.82, 2.24) is 15.1 Å². The minimum absolute atomic E-state index is 0.106. The van der Waals surface area contributed by atoms with Gasteiger partial charge in [0.05, 0.1) is 23.3 Å². The van der Waals surface area contributed by atoms with Crippen molar-refractivity contribution in [2.75, 3.05) is 12.3 Å². The van der Waals surface area contributed by atoms with E-state index in [0.717, 1.165) is 18.7 Å². The summed E-state index contributed by atoms with van der Waals surface area (Å²) in [6.07, 6.45) is 2.64. The van der Waals surface area contributed by atoms with E-state index in [0.29, 0.717) is 12.2 Å². The van der Waals surface area contributed by atoms with Crippen LogP contribution in [0.3, 0.4) is 0 Å². The Balaban J connectivity index is 2.18. The fourth-order valence-corrected chi connectivity index (χ4v) is 1.90. The van der Waals surface area contributed by atoms with Gasteiger partial charge in [-0.3, -0.25) is 9.48 Å². The number of amides is 1. The maximum atomic E-state index is 11.6. The molecular formula is C10H16N4O. The fraction of sp³-hybridized carbons (Fsp3) is 0.600. The first kappa shape index (κ1) is 10.0. The molecule has 5 nitrogen and oxygen atoms in total. The third-order valence-corrected chi connectivity index (χ3v) is 3.01. The summed E-state index contributed by atoms with van der Waals surface area (Å²) in [5, 5.41) is 7.11. The second-order valence-corrected chi connectivity index (χ2v) is 4.43. The Labute approximate surface area is 88.6 Å². The first-order valence-electron chi connectivity index (χ1n) is 5.09. The molecule has 0 radical (unpaired) electrons. The zero-order valence-electron chi connectivity index (χ0n) is 9.08. The van der Waals surface area contributed by atoms with E-state index in [9.17, 15) is 4.79 Å². The molecule has 5 heteroatoms. The zero-order chi connectivity index (χ0) is 11.1. The van der Waals surface area contributed by atoms with Crippen molar-refractivity contribution in [3.8, 4) is 0 Å². The minimum Gasteiger partial charge on any atom is -0.396 e. The molecular weight excluding hydrogens is 192 g/mol. The number of hydrogen-bond donors (Lipinski definition) is 2. The van der Waals surface area contributed by atoms with Crippen LogP contribution in [0.1, 0.15) is 19.0 Å². The third kappa shape index (κ3) is 1.69. The third-order valence-electron chi connectivity index (χ3n) is 3.01. The van der Waals surface area contributed by atoms with Gasteiger partial charge in [0.2, 0.25) is 5.91 Å². The van der Waals surface area contributed by atoms with Gasteiger partial charge >= 0.3 is 0 Å². The molecule has 1 atom stereocenters. The van der Waals surface area contributed by atoms with Crippen molar-refractivity contribution in [2.45, 2.75) is 26.8 Å². The maximum Gasteiger partial charge on any atom is 0.227 e. The van der Waals surface area contributed by atoms with Crippen molar-refractivity contribution < 1.29 is 4.79 Å². The number of carbonyl (C=O) groups is 1. The van der Waals surface area contributed by atoms with Crippen LogP contribution in [0.15, 0.2) is 6.20 Å². The molecule has 82 valence electrons. The molecule has 0 spiro atoms. The highest BCUT2D eigenvalue weighted by atomic mass is 16.2. The summed E-state index contributed by atoms with van der Waals surface area (Å²) in [5.41, 5.74) is 6.86. The molecule has 0 saturated carbocycles. The maximum absolute atomic E-state index is 11.6. The van der Waals surface area contributed by atoms with Crippen LogP contribution in [-0.2, 0) is 11.3 Å². The summed E-state index contributed by atoms with van der Waals surface area (Å²) >= 11 is 0. The molecule has 1 aromatic heterocycles. The monoisotopic (exact) mass is 208 g/mol. The number of rotatable bonds is 2. The van der Waals surface area contributed by atoms with Crippen LogP contribution >= 0.6 is 0 Å². The van der Waals surface area contributed by atoms with Crippen LogP contribution in [0.2, 0.25) is 0 Å². The zero-order valence-corrected chi connectivity index (χ0v) is 9.08. The average molecular weight is 208 g/mol. The Morgan fingerprint density at radius 1 is 1.73 bits per heavy atom. The van der Waals surface area contributed by atoms with Crippen LogP contribution in [-0.4, -0.2) is 22.2 Å². The summed E-state index contributed by atoms with van der Waals surface area (Å²) < 4.78 is 1.76. The van der Waals surface area contributed by atoms with E-state index < -0.39 is 0 Å². The van der Waals surface area contributed by atoms with Gasteiger partial charge in [-0.1, -0.05) is 0 Å². The van der Waals surface area contributed by atoms with Crippen LogP contribution in [0.4, 0.5) is 5.69 Å². The van der Waals surface area contributed by atoms with Gasteiger partial charge in [-0.25, -0.2) is 0 Å². The van der Waals surface area contributed by atoms with Gasteiger partial charge in [-0.05, 0) is 20.3 Å². The lowest BCUT2D eigenvalue weighted by molar-refractivity contribution is -0.127. The van der Waals surface area contributed by atoms with Gasteiger partial charge < -0.3 is 11.1 Å². The molecule has 0 bridgehead atoms. The summed E-state index contributed by atoms with van der Waals surface area (Å²) in [4.78, 5) is 11.6. The van der Waals surface area contributed by atoms with Crippen LogP contribution in [0, 0.1) is 12.3 Å². The summed E-state index contributed by atoms with van der Waals surface area (Å²) in [5.74, 6) is 0.106. The van der Waals surface area contributed by atoms with Crippen molar-refractivity contribution in [2.24, 2.45) is 5.41 Å². The number of nitrogens with zero attached hydrogens (tertiary/aromatic N) is 2. The van der Waals surface area contributed by atoms with Crippen molar-refractivity contribution in [3.05, 3.63) is 11.9 Å². The Kier molecular flexibility index (Phi) is 2.17. The second-order valence-electron chi connectivity index (χ2n) is 4.43. The first-order chi connectivity index (χ1) is 7.01. The van der Waals surface area contributed by atoms with Gasteiger partial charge in [0.1, 0.15) is 0 Å². The number of aryl methyl sites for hydroxylation is 1. The Hall–Kier alpha value is -1.52. The number of nitrogen functional groups attached to an aromatic ring is 1. The second kappa shape index (κ2) is 3.25. The molecule has 1 amide bonds. The average Bonchev–Trinajstić information content (AvgIpc) is 2.60.